The molecular formula is C36H42ClN3O. The second kappa shape index (κ2) is 12.8. The first kappa shape index (κ1) is 29.3. The van der Waals surface area contributed by atoms with Crippen molar-refractivity contribution in [1.82, 2.24) is 14.8 Å². The molecule has 214 valence electrons. The van der Waals surface area contributed by atoms with E-state index < -0.39 is 0 Å². The lowest BCUT2D eigenvalue weighted by molar-refractivity contribution is 0.208. The van der Waals surface area contributed by atoms with E-state index in [2.05, 4.69) is 121 Å². The summed E-state index contributed by atoms with van der Waals surface area (Å²) in [5.41, 5.74) is 12.4. The number of rotatable bonds is 4. The van der Waals surface area contributed by atoms with Gasteiger partial charge in [-0.15, -0.1) is 12.4 Å². The molecule has 3 aliphatic rings. The molecule has 7 rings (SSSR count). The number of hydrogen-bond acceptors (Lipinski definition) is 3. The summed E-state index contributed by atoms with van der Waals surface area (Å²) >= 11 is 0. The molecule has 0 saturated heterocycles. The quantitative estimate of drug-likeness (QED) is 0.272. The maximum atomic E-state index is 9.45. The van der Waals surface area contributed by atoms with E-state index in [4.69, 9.17) is 0 Å². The number of nitrogens with one attached hydrogen (secondary N) is 1. The standard InChI is InChI=1S/C20H23N.C16H18N2O.ClH/c1-21(2)15-7-12-20-18-10-5-3-8-16(18)13-14-17-9-4-6-11-19(17)20;1-18-8-10(9-19)5-13-12-3-2-4-14-16(12)11(7-17-14)6-15(13)18;/h3-6,8-12H,7,13-15H2,1-2H3;2-5,7,13,15,17,19H,6,8-9H2,1H3;1H/t;13-,15-;/m.1./s1. The number of nitrogens with zero attached hydrogens (tertiary/aromatic N) is 2. The number of aromatic amines is 1. The molecule has 4 nitrogen and oxygen atoms in total. The minimum Gasteiger partial charge on any atom is -0.392 e. The van der Waals surface area contributed by atoms with E-state index in [0.717, 1.165) is 44.3 Å². The van der Waals surface area contributed by atoms with Crippen LogP contribution in [0.5, 0.6) is 0 Å². The van der Waals surface area contributed by atoms with Crippen LogP contribution in [0.15, 0.2) is 90.7 Å². The van der Waals surface area contributed by atoms with E-state index in [1.165, 1.54) is 49.9 Å². The summed E-state index contributed by atoms with van der Waals surface area (Å²) in [6, 6.07) is 24.8. The van der Waals surface area contributed by atoms with Crippen LogP contribution in [-0.4, -0.2) is 66.8 Å². The first-order valence-electron chi connectivity index (χ1n) is 14.6. The minimum absolute atomic E-state index is 0. The van der Waals surface area contributed by atoms with Crippen molar-refractivity contribution in [1.29, 1.82) is 0 Å². The van der Waals surface area contributed by atoms with Gasteiger partial charge in [-0.3, -0.25) is 4.90 Å². The molecule has 2 N–H and O–H groups in total. The van der Waals surface area contributed by atoms with E-state index in [1.54, 1.807) is 0 Å². The number of aliphatic hydroxyl groups is 1. The number of aromatic nitrogens is 1. The molecule has 4 aromatic rings. The van der Waals surface area contributed by atoms with Crippen LogP contribution in [0.3, 0.4) is 0 Å². The summed E-state index contributed by atoms with van der Waals surface area (Å²) in [7, 11) is 6.43. The molecule has 2 heterocycles. The molecule has 0 fully saturated rings. The highest BCUT2D eigenvalue weighted by molar-refractivity contribution is 5.89. The van der Waals surface area contributed by atoms with Crippen LogP contribution in [-0.2, 0) is 19.3 Å². The number of benzene rings is 3. The van der Waals surface area contributed by atoms with Crippen molar-refractivity contribution in [3.8, 4) is 0 Å². The van der Waals surface area contributed by atoms with Crippen molar-refractivity contribution in [2.24, 2.45) is 0 Å². The van der Waals surface area contributed by atoms with Crippen LogP contribution in [0, 0.1) is 0 Å². The van der Waals surface area contributed by atoms with Gasteiger partial charge in [-0.2, -0.15) is 0 Å². The molecule has 2 atom stereocenters. The zero-order chi connectivity index (χ0) is 27.6. The number of aliphatic hydroxyl groups excluding tert-OH is 1. The highest BCUT2D eigenvalue weighted by Gasteiger charge is 2.35. The van der Waals surface area contributed by atoms with Crippen LogP contribution < -0.4 is 0 Å². The molecule has 2 aliphatic carbocycles. The van der Waals surface area contributed by atoms with Gasteiger partial charge in [-0.25, -0.2) is 0 Å². The van der Waals surface area contributed by atoms with Gasteiger partial charge in [0.15, 0.2) is 0 Å². The number of aryl methyl sites for hydroxylation is 2. The summed E-state index contributed by atoms with van der Waals surface area (Å²) < 4.78 is 0. The Morgan fingerprint density at radius 1 is 0.927 bits per heavy atom. The Morgan fingerprint density at radius 3 is 2.27 bits per heavy atom. The van der Waals surface area contributed by atoms with Gasteiger partial charge < -0.3 is 15.0 Å². The van der Waals surface area contributed by atoms with E-state index in [0.29, 0.717) is 12.0 Å². The Kier molecular flexibility index (Phi) is 9.16. The highest BCUT2D eigenvalue weighted by atomic mass is 35.5. The lowest BCUT2D eigenvalue weighted by atomic mass is 9.77. The number of halogens is 1. The Hall–Kier alpha value is -3.15. The molecule has 1 aliphatic heterocycles. The summed E-state index contributed by atoms with van der Waals surface area (Å²) in [4.78, 5) is 8.00. The molecule has 0 saturated carbocycles. The lowest BCUT2D eigenvalue weighted by Gasteiger charge is -2.41. The Bertz CT molecular complexity index is 1520. The highest BCUT2D eigenvalue weighted by Crippen LogP contribution is 2.41. The normalized spacial score (nSPS) is 19.1. The van der Waals surface area contributed by atoms with Crippen LogP contribution in [0.1, 0.15) is 45.7 Å². The van der Waals surface area contributed by atoms with Gasteiger partial charge in [-0.1, -0.05) is 72.8 Å². The second-order valence-corrected chi connectivity index (χ2v) is 11.8. The van der Waals surface area contributed by atoms with Crippen LogP contribution in [0.2, 0.25) is 0 Å². The first-order valence-corrected chi connectivity index (χ1v) is 14.6. The van der Waals surface area contributed by atoms with Gasteiger partial charge in [0.1, 0.15) is 0 Å². The third-order valence-electron chi connectivity index (χ3n) is 8.86. The van der Waals surface area contributed by atoms with Gasteiger partial charge in [0.2, 0.25) is 0 Å². The summed E-state index contributed by atoms with van der Waals surface area (Å²) in [5.74, 6) is 0.410. The fraction of sp³-hybridized carbons (Fsp3) is 0.333. The van der Waals surface area contributed by atoms with Crippen molar-refractivity contribution < 1.29 is 5.11 Å². The topological polar surface area (TPSA) is 42.5 Å². The first-order chi connectivity index (χ1) is 19.5. The summed E-state index contributed by atoms with van der Waals surface area (Å²) in [6.07, 6.45) is 11.3. The van der Waals surface area contributed by atoms with Gasteiger partial charge in [-0.05, 0) is 97.4 Å². The van der Waals surface area contributed by atoms with E-state index in [1.807, 2.05) is 0 Å². The average molecular weight is 568 g/mol. The van der Waals surface area contributed by atoms with Crippen molar-refractivity contribution in [2.75, 3.05) is 40.8 Å². The number of fused-ring (bicyclic) bond motifs is 4. The number of hydrogen-bond donors (Lipinski definition) is 2. The number of likely N-dealkylation sites (N-methyl/N-ethyl adjacent to an activating group) is 1. The minimum atomic E-state index is 0. The van der Waals surface area contributed by atoms with Crippen LogP contribution in [0.25, 0.3) is 16.5 Å². The van der Waals surface area contributed by atoms with Crippen LogP contribution >= 0.6 is 12.4 Å². The maximum absolute atomic E-state index is 9.45. The summed E-state index contributed by atoms with van der Waals surface area (Å²) in [6.45, 7) is 2.14. The Labute approximate surface area is 250 Å². The Balaban J connectivity index is 0.000000161. The number of H-pyrrole nitrogens is 1. The second-order valence-electron chi connectivity index (χ2n) is 11.8. The van der Waals surface area contributed by atoms with Gasteiger partial charge >= 0.3 is 0 Å². The van der Waals surface area contributed by atoms with Crippen molar-refractivity contribution in [3.05, 3.63) is 124 Å². The van der Waals surface area contributed by atoms with E-state index >= 15 is 0 Å². The third-order valence-corrected chi connectivity index (χ3v) is 8.86. The zero-order valence-corrected chi connectivity index (χ0v) is 25.3. The average Bonchev–Trinajstić information content (AvgIpc) is 3.32. The van der Waals surface area contributed by atoms with Gasteiger partial charge in [0.05, 0.1) is 6.61 Å². The smallest absolute Gasteiger partial charge is 0.0654 e. The van der Waals surface area contributed by atoms with Crippen molar-refractivity contribution >= 4 is 28.9 Å². The fourth-order valence-corrected chi connectivity index (χ4v) is 6.87. The molecule has 0 spiro atoms. The molecular weight excluding hydrogens is 526 g/mol. The fourth-order valence-electron chi connectivity index (χ4n) is 6.87. The Morgan fingerprint density at radius 2 is 1.61 bits per heavy atom. The third kappa shape index (κ3) is 5.93. The largest absolute Gasteiger partial charge is 0.392 e. The predicted octanol–water partition coefficient (Wildman–Crippen LogP) is 6.63. The summed E-state index contributed by atoms with van der Waals surface area (Å²) in [5, 5.41) is 10.8. The molecule has 0 unspecified atom stereocenters. The molecule has 0 bridgehead atoms. The maximum Gasteiger partial charge on any atom is 0.0654 e. The van der Waals surface area contributed by atoms with E-state index in [9.17, 15) is 5.11 Å². The van der Waals surface area contributed by atoms with Gasteiger partial charge in [0.25, 0.3) is 0 Å². The SMILES string of the molecule is CN(C)CCC=C1c2ccccc2CCc2ccccc21.CN1CC(CO)=C[C@@H]2c3cccc4[nH]cc(c34)C[C@H]21.Cl. The monoisotopic (exact) mass is 567 g/mol. The molecule has 1 aromatic heterocycles. The van der Waals surface area contributed by atoms with Crippen molar-refractivity contribution in [3.63, 3.8) is 0 Å². The molecule has 0 radical (unpaired) electrons. The van der Waals surface area contributed by atoms with E-state index in [-0.39, 0.29) is 19.0 Å². The molecule has 41 heavy (non-hydrogen) atoms. The molecule has 5 heteroatoms. The van der Waals surface area contributed by atoms with Gasteiger partial charge in [0, 0.05) is 42.1 Å². The van der Waals surface area contributed by atoms with Crippen molar-refractivity contribution in [2.45, 2.75) is 37.6 Å². The zero-order valence-electron chi connectivity index (χ0n) is 24.4. The predicted molar refractivity (Wildman–Crippen MR) is 174 cm³/mol. The lowest BCUT2D eigenvalue weighted by Crippen LogP contribution is -2.44. The molecule has 3 aromatic carbocycles. The molecule has 0 amide bonds. The van der Waals surface area contributed by atoms with Crippen LogP contribution in [0.4, 0.5) is 0 Å².